The zero-order valence-electron chi connectivity index (χ0n) is 29.6. The molecule has 0 fully saturated rings. The minimum absolute atomic E-state index is 0.0508. The Bertz CT molecular complexity index is 734. The third-order valence-electron chi connectivity index (χ3n) is 7.95. The minimum atomic E-state index is -4.50. The largest absolute Gasteiger partial charge is 0.472 e. The lowest BCUT2D eigenvalue weighted by atomic mass is 10.0. The molecule has 1 unspecified atom stereocenters. The predicted octanol–water partition coefficient (Wildman–Crippen LogP) is 9.36. The predicted molar refractivity (Wildman–Crippen MR) is 187 cm³/mol. The average molecular weight is 679 g/mol. The summed E-state index contributed by atoms with van der Waals surface area (Å²) in [4.78, 5) is 22.4. The topological polar surface area (TPSA) is 132 Å². The highest BCUT2D eigenvalue weighted by molar-refractivity contribution is 7.47. The second-order valence-corrected chi connectivity index (χ2v) is 14.1. The number of esters is 1. The molecule has 0 rings (SSSR count). The second kappa shape index (κ2) is 34.1. The molecule has 9 nitrogen and oxygen atoms in total. The van der Waals surface area contributed by atoms with Crippen molar-refractivity contribution in [3.05, 3.63) is 12.2 Å². The van der Waals surface area contributed by atoms with Gasteiger partial charge in [-0.25, -0.2) is 4.57 Å². The van der Waals surface area contributed by atoms with Crippen LogP contribution in [0.5, 0.6) is 0 Å². The Morgan fingerprint density at radius 2 is 1.13 bits per heavy atom. The minimum Gasteiger partial charge on any atom is -0.457 e. The monoisotopic (exact) mass is 678 g/mol. The van der Waals surface area contributed by atoms with Crippen LogP contribution in [-0.2, 0) is 27.9 Å². The highest BCUT2D eigenvalue weighted by Gasteiger charge is 2.26. The molecule has 0 aromatic heterocycles. The molecule has 10 heteroatoms. The van der Waals surface area contributed by atoms with Crippen LogP contribution in [0, 0.1) is 0 Å². The summed E-state index contributed by atoms with van der Waals surface area (Å²) < 4.78 is 33.2. The van der Waals surface area contributed by atoms with Crippen LogP contribution < -0.4 is 0 Å². The van der Waals surface area contributed by atoms with Crippen LogP contribution in [0.1, 0.15) is 168 Å². The number of allylic oxidation sites excluding steroid dienone is 2. The number of carbonyl (C=O) groups excluding carboxylic acids is 1. The Morgan fingerprint density at radius 3 is 1.70 bits per heavy atom. The first-order valence-electron chi connectivity index (χ1n) is 18.7. The van der Waals surface area contributed by atoms with Crippen LogP contribution in [0.3, 0.4) is 0 Å². The maximum Gasteiger partial charge on any atom is 0.472 e. The number of unbranched alkanes of at least 4 members (excludes halogenated alkanes) is 20. The van der Waals surface area contributed by atoms with Gasteiger partial charge in [0.2, 0.25) is 0 Å². The molecule has 0 spiro atoms. The first-order chi connectivity index (χ1) is 22.3. The molecule has 0 aromatic rings. The summed E-state index contributed by atoms with van der Waals surface area (Å²) in [6.07, 6.45) is 30.2. The zero-order valence-corrected chi connectivity index (χ0v) is 30.4. The fourth-order valence-corrected chi connectivity index (χ4v) is 5.83. The number of rotatable bonds is 36. The lowest BCUT2D eigenvalue weighted by molar-refractivity contribution is -0.154. The molecular weight excluding hydrogens is 607 g/mol. The van der Waals surface area contributed by atoms with Gasteiger partial charge < -0.3 is 24.6 Å². The van der Waals surface area contributed by atoms with Gasteiger partial charge in [-0.15, -0.1) is 0 Å². The van der Waals surface area contributed by atoms with Crippen LogP contribution in [0.25, 0.3) is 0 Å². The van der Waals surface area contributed by atoms with Gasteiger partial charge in [0.05, 0.1) is 26.4 Å². The molecule has 46 heavy (non-hydrogen) atoms. The van der Waals surface area contributed by atoms with Crippen molar-refractivity contribution in [2.75, 3.05) is 33.0 Å². The molecule has 0 aliphatic rings. The molecule has 0 saturated heterocycles. The average Bonchev–Trinajstić information content (AvgIpc) is 3.04. The first-order valence-corrected chi connectivity index (χ1v) is 20.2. The van der Waals surface area contributed by atoms with Crippen molar-refractivity contribution in [2.24, 2.45) is 0 Å². The second-order valence-electron chi connectivity index (χ2n) is 12.6. The Balaban J connectivity index is 4.22. The summed E-state index contributed by atoms with van der Waals surface area (Å²) in [7, 11) is -4.50. The fourth-order valence-electron chi connectivity index (χ4n) is 5.04. The molecule has 3 N–H and O–H groups in total. The molecule has 0 radical (unpaired) electrons. The van der Waals surface area contributed by atoms with E-state index in [1.807, 2.05) is 0 Å². The fraction of sp³-hybridized carbons (Fsp3) is 0.917. The van der Waals surface area contributed by atoms with E-state index in [2.05, 4.69) is 26.0 Å². The molecular formula is C36H71O9P. The first kappa shape index (κ1) is 45.2. The van der Waals surface area contributed by atoms with Crippen LogP contribution in [0.15, 0.2) is 12.2 Å². The number of ether oxygens (including phenoxy) is 2. The van der Waals surface area contributed by atoms with E-state index >= 15 is 0 Å². The Labute approximate surface area is 281 Å². The van der Waals surface area contributed by atoms with E-state index in [0.717, 1.165) is 57.8 Å². The van der Waals surface area contributed by atoms with Crippen molar-refractivity contribution in [1.29, 1.82) is 0 Å². The Hall–Kier alpha value is -0.800. The number of carbonyl (C=O) groups is 1. The summed E-state index contributed by atoms with van der Waals surface area (Å²) in [6, 6.07) is 0. The normalized spacial score (nSPS) is 14.5. The number of aliphatic hydroxyl groups excluding tert-OH is 2. The lowest BCUT2D eigenvalue weighted by Crippen LogP contribution is -2.29. The SMILES string of the molecule is CCCC/C=C\CCCCCCCC(=O)O[C@H](COCCCCCCCCCCCCCCCC)COP(=O)(O)OC[C@@H](O)CO. The smallest absolute Gasteiger partial charge is 0.457 e. The molecule has 0 amide bonds. The maximum absolute atomic E-state index is 12.5. The van der Waals surface area contributed by atoms with Crippen molar-refractivity contribution in [2.45, 2.75) is 180 Å². The van der Waals surface area contributed by atoms with Gasteiger partial charge in [-0.05, 0) is 32.1 Å². The van der Waals surface area contributed by atoms with E-state index < -0.39 is 39.2 Å². The van der Waals surface area contributed by atoms with E-state index in [0.29, 0.717) is 6.61 Å². The van der Waals surface area contributed by atoms with Crippen molar-refractivity contribution < 1.29 is 43.0 Å². The third-order valence-corrected chi connectivity index (χ3v) is 8.90. The van der Waals surface area contributed by atoms with Crippen LogP contribution in [-0.4, -0.2) is 66.3 Å². The van der Waals surface area contributed by atoms with Gasteiger partial charge in [-0.3, -0.25) is 13.8 Å². The lowest BCUT2D eigenvalue weighted by Gasteiger charge is -2.20. The number of aliphatic hydroxyl groups is 2. The van der Waals surface area contributed by atoms with Gasteiger partial charge in [0.25, 0.3) is 0 Å². The number of hydrogen-bond acceptors (Lipinski definition) is 8. The van der Waals surface area contributed by atoms with E-state index in [1.54, 1.807) is 0 Å². The maximum atomic E-state index is 12.5. The van der Waals surface area contributed by atoms with Crippen molar-refractivity contribution in [3.8, 4) is 0 Å². The Kier molecular flexibility index (Phi) is 33.5. The van der Waals surface area contributed by atoms with Crippen molar-refractivity contribution in [1.82, 2.24) is 0 Å². The number of phosphoric ester groups is 1. The van der Waals surface area contributed by atoms with E-state index in [9.17, 15) is 19.4 Å². The van der Waals surface area contributed by atoms with Gasteiger partial charge in [0.1, 0.15) is 12.2 Å². The van der Waals surface area contributed by atoms with Gasteiger partial charge >= 0.3 is 13.8 Å². The standard InChI is InChI=1S/C36H71O9P/c1-3-5-7-9-11-13-15-16-17-19-21-23-25-27-29-42-32-35(33-44-46(40,41)43-31-34(38)30-37)45-36(39)28-26-24-22-20-18-14-12-10-8-6-4-2/h10,12,34-35,37-38H,3-9,11,13-33H2,1-2H3,(H,40,41)/b12-10-/t34-,35+/m0/s1. The molecule has 274 valence electrons. The summed E-state index contributed by atoms with van der Waals surface area (Å²) in [6.45, 7) is 3.48. The molecule has 0 heterocycles. The quantitative estimate of drug-likeness (QED) is 0.0257. The number of phosphoric acid groups is 1. The van der Waals surface area contributed by atoms with Gasteiger partial charge in [0.15, 0.2) is 0 Å². The number of hydrogen-bond donors (Lipinski definition) is 3. The molecule has 0 saturated carbocycles. The molecule has 0 aromatic carbocycles. The summed E-state index contributed by atoms with van der Waals surface area (Å²) in [5.41, 5.74) is 0. The summed E-state index contributed by atoms with van der Waals surface area (Å²) >= 11 is 0. The van der Waals surface area contributed by atoms with Crippen molar-refractivity contribution in [3.63, 3.8) is 0 Å². The molecule has 0 aliphatic heterocycles. The highest BCUT2D eigenvalue weighted by Crippen LogP contribution is 2.43. The molecule has 3 atom stereocenters. The van der Waals surface area contributed by atoms with Crippen LogP contribution in [0.4, 0.5) is 0 Å². The Morgan fingerprint density at radius 1 is 0.652 bits per heavy atom. The van der Waals surface area contributed by atoms with Gasteiger partial charge in [-0.1, -0.05) is 142 Å². The van der Waals surface area contributed by atoms with Crippen LogP contribution >= 0.6 is 7.82 Å². The molecule has 0 bridgehead atoms. The van der Waals surface area contributed by atoms with E-state index in [-0.39, 0.29) is 19.6 Å². The van der Waals surface area contributed by atoms with Crippen molar-refractivity contribution >= 4 is 13.8 Å². The summed E-state index contributed by atoms with van der Waals surface area (Å²) in [5.74, 6) is -0.392. The van der Waals surface area contributed by atoms with Gasteiger partial charge in [-0.2, -0.15) is 0 Å². The zero-order chi connectivity index (χ0) is 34.0. The van der Waals surface area contributed by atoms with Crippen LogP contribution in [0.2, 0.25) is 0 Å². The highest BCUT2D eigenvalue weighted by atomic mass is 31.2. The summed E-state index contributed by atoms with van der Waals surface area (Å²) in [5, 5.41) is 18.3. The van der Waals surface area contributed by atoms with Gasteiger partial charge in [0, 0.05) is 13.0 Å². The van der Waals surface area contributed by atoms with E-state index in [1.165, 1.54) is 89.9 Å². The third kappa shape index (κ3) is 33.1. The molecule has 0 aliphatic carbocycles. The van der Waals surface area contributed by atoms with E-state index in [4.69, 9.17) is 23.6 Å².